The number of phenolic OH excluding ortho intramolecular Hbond substituents is 1. The van der Waals surface area contributed by atoms with Crippen LogP contribution in [0.5, 0.6) is 5.75 Å². The third-order valence-corrected chi connectivity index (χ3v) is 5.88. The first-order valence-electron chi connectivity index (χ1n) is 11.6. The highest BCUT2D eigenvalue weighted by Crippen LogP contribution is 2.33. The average Bonchev–Trinajstić information content (AvgIpc) is 2.81. The number of carbonyl (C=O) groups is 1. The zero-order valence-corrected chi connectivity index (χ0v) is 19.5. The van der Waals surface area contributed by atoms with E-state index in [0.717, 1.165) is 48.2 Å². The minimum atomic E-state index is -0.356. The van der Waals surface area contributed by atoms with Gasteiger partial charge in [-0.2, -0.15) is 0 Å². The van der Waals surface area contributed by atoms with Gasteiger partial charge in [0.05, 0.1) is 17.7 Å². The molecular weight excluding hydrogens is 416 g/mol. The maximum absolute atomic E-state index is 12.0. The van der Waals surface area contributed by atoms with Crippen molar-refractivity contribution in [2.24, 2.45) is 11.8 Å². The van der Waals surface area contributed by atoms with Gasteiger partial charge in [0.25, 0.3) is 0 Å². The molecule has 0 bridgehead atoms. The number of hydrogen-bond donors (Lipinski definition) is 2. The molecule has 1 fully saturated rings. The molecule has 7 heteroatoms. The van der Waals surface area contributed by atoms with E-state index in [1.165, 1.54) is 0 Å². The Morgan fingerprint density at radius 3 is 2.85 bits per heavy atom. The first-order valence-corrected chi connectivity index (χ1v) is 11.6. The largest absolute Gasteiger partial charge is 0.507 e. The predicted octanol–water partition coefficient (Wildman–Crippen LogP) is 4.91. The van der Waals surface area contributed by atoms with Crippen LogP contribution in [-0.2, 0) is 4.74 Å². The van der Waals surface area contributed by atoms with E-state index in [-0.39, 0.29) is 11.8 Å². The maximum atomic E-state index is 12.0. The minimum Gasteiger partial charge on any atom is -0.507 e. The molecule has 0 spiro atoms. The maximum Gasteiger partial charge on any atom is 0.407 e. The summed E-state index contributed by atoms with van der Waals surface area (Å²) < 4.78 is 5.24. The van der Waals surface area contributed by atoms with Crippen LogP contribution in [-0.4, -0.2) is 47.4 Å². The first-order chi connectivity index (χ1) is 15.9. The van der Waals surface area contributed by atoms with Gasteiger partial charge in [-0.15, -0.1) is 0 Å². The van der Waals surface area contributed by atoms with Crippen LogP contribution in [0, 0.1) is 18.8 Å². The number of nitrogens with zero attached hydrogens (tertiary/aromatic N) is 3. The summed E-state index contributed by atoms with van der Waals surface area (Å²) in [6.07, 6.45) is 1.69. The molecule has 1 atom stereocenters. The Morgan fingerprint density at radius 2 is 2.06 bits per heavy atom. The second-order valence-corrected chi connectivity index (χ2v) is 9.24. The molecule has 174 valence electrons. The quantitative estimate of drug-likeness (QED) is 0.557. The van der Waals surface area contributed by atoms with E-state index >= 15 is 0 Å². The lowest BCUT2D eigenvalue weighted by Crippen LogP contribution is -2.41. The summed E-state index contributed by atoms with van der Waals surface area (Å²) in [5.74, 6) is 2.16. The Balaban J connectivity index is 1.59. The number of piperidine rings is 1. The number of fused-ring (bicyclic) bond motifs is 1. The molecule has 3 aromatic rings. The van der Waals surface area contributed by atoms with Gasteiger partial charge in [-0.25, -0.2) is 14.8 Å². The molecule has 1 aliphatic heterocycles. The lowest BCUT2D eigenvalue weighted by molar-refractivity contribution is 0.131. The van der Waals surface area contributed by atoms with Gasteiger partial charge in [0.15, 0.2) is 5.82 Å². The number of aromatic nitrogens is 2. The van der Waals surface area contributed by atoms with Crippen molar-refractivity contribution in [3.63, 3.8) is 0 Å². The molecular formula is C26H32N4O3. The molecule has 0 saturated carbocycles. The number of aryl methyl sites for hydroxylation is 1. The fraction of sp³-hybridized carbons (Fsp3) is 0.423. The van der Waals surface area contributed by atoms with Crippen molar-refractivity contribution in [3.05, 3.63) is 48.0 Å². The van der Waals surface area contributed by atoms with Gasteiger partial charge in [-0.1, -0.05) is 32.0 Å². The Hall–Kier alpha value is -3.35. The topological polar surface area (TPSA) is 87.6 Å². The smallest absolute Gasteiger partial charge is 0.407 e. The highest BCUT2D eigenvalue weighted by atomic mass is 16.5. The van der Waals surface area contributed by atoms with Crippen LogP contribution in [0.25, 0.3) is 22.3 Å². The van der Waals surface area contributed by atoms with Gasteiger partial charge in [-0.3, -0.25) is 0 Å². The van der Waals surface area contributed by atoms with Gasteiger partial charge in [0, 0.05) is 25.0 Å². The standard InChI is InChI=1S/C26H32N4O3/c1-17(2)16-33-26(32)27-14-19-7-6-12-30(15-19)25-20-11-10-18(3)13-22(20)28-24(29-25)21-8-4-5-9-23(21)31/h4-5,8-11,13,17,19,31H,6-7,12,14-16H2,1-3H3,(H,27,32). The molecule has 1 aromatic heterocycles. The van der Waals surface area contributed by atoms with Crippen molar-refractivity contribution in [1.29, 1.82) is 0 Å². The van der Waals surface area contributed by atoms with Crippen molar-refractivity contribution >= 4 is 22.8 Å². The van der Waals surface area contributed by atoms with Crippen LogP contribution in [0.15, 0.2) is 42.5 Å². The molecule has 0 aliphatic carbocycles. The van der Waals surface area contributed by atoms with Crippen molar-refractivity contribution in [3.8, 4) is 17.1 Å². The van der Waals surface area contributed by atoms with Crippen LogP contribution in [0.1, 0.15) is 32.3 Å². The number of hydrogen-bond acceptors (Lipinski definition) is 6. The number of benzene rings is 2. The number of aromatic hydroxyl groups is 1. The molecule has 1 amide bonds. The van der Waals surface area contributed by atoms with Crippen molar-refractivity contribution < 1.29 is 14.6 Å². The van der Waals surface area contributed by atoms with Gasteiger partial charge in [0.2, 0.25) is 0 Å². The molecule has 1 aliphatic rings. The zero-order chi connectivity index (χ0) is 23.4. The van der Waals surface area contributed by atoms with Crippen LogP contribution < -0.4 is 10.2 Å². The molecule has 2 aromatic carbocycles. The number of carbonyl (C=O) groups excluding carboxylic acids is 1. The van der Waals surface area contributed by atoms with Gasteiger partial charge >= 0.3 is 6.09 Å². The molecule has 2 N–H and O–H groups in total. The van der Waals surface area contributed by atoms with E-state index in [0.29, 0.717) is 36.4 Å². The minimum absolute atomic E-state index is 0.163. The third-order valence-electron chi connectivity index (χ3n) is 5.88. The summed E-state index contributed by atoms with van der Waals surface area (Å²) in [6.45, 7) is 8.74. The van der Waals surface area contributed by atoms with Crippen LogP contribution in [0.3, 0.4) is 0 Å². The number of phenols is 1. The highest BCUT2D eigenvalue weighted by molar-refractivity contribution is 5.92. The van der Waals surface area contributed by atoms with Crippen molar-refractivity contribution in [2.45, 2.75) is 33.6 Å². The summed E-state index contributed by atoms with van der Waals surface area (Å²) in [5, 5.41) is 14.3. The molecule has 4 rings (SSSR count). The Labute approximate surface area is 194 Å². The summed E-state index contributed by atoms with van der Waals surface area (Å²) in [5.41, 5.74) is 2.59. The van der Waals surface area contributed by atoms with Gasteiger partial charge in [0.1, 0.15) is 11.6 Å². The lowest BCUT2D eigenvalue weighted by atomic mass is 9.97. The van der Waals surface area contributed by atoms with Gasteiger partial charge < -0.3 is 20.1 Å². The fourth-order valence-electron chi connectivity index (χ4n) is 4.19. The van der Waals surface area contributed by atoms with E-state index < -0.39 is 0 Å². The highest BCUT2D eigenvalue weighted by Gasteiger charge is 2.24. The second-order valence-electron chi connectivity index (χ2n) is 9.24. The molecule has 0 radical (unpaired) electrons. The van der Waals surface area contributed by atoms with Crippen LogP contribution >= 0.6 is 0 Å². The lowest BCUT2D eigenvalue weighted by Gasteiger charge is -2.34. The van der Waals surface area contributed by atoms with E-state index in [4.69, 9.17) is 14.7 Å². The van der Waals surface area contributed by atoms with E-state index in [9.17, 15) is 9.90 Å². The fourth-order valence-corrected chi connectivity index (χ4v) is 4.19. The predicted molar refractivity (Wildman–Crippen MR) is 131 cm³/mol. The summed E-state index contributed by atoms with van der Waals surface area (Å²) in [4.78, 5) is 23.9. The molecule has 2 heterocycles. The van der Waals surface area contributed by atoms with E-state index in [1.807, 2.05) is 32.9 Å². The third kappa shape index (κ3) is 5.53. The van der Waals surface area contributed by atoms with Gasteiger partial charge in [-0.05, 0) is 61.4 Å². The Kier molecular flexibility index (Phi) is 6.96. The van der Waals surface area contributed by atoms with Crippen LogP contribution in [0.2, 0.25) is 0 Å². The molecule has 7 nitrogen and oxygen atoms in total. The number of para-hydroxylation sites is 1. The number of nitrogens with one attached hydrogen (secondary N) is 1. The van der Waals surface area contributed by atoms with Crippen LogP contribution in [0.4, 0.5) is 10.6 Å². The summed E-state index contributed by atoms with van der Waals surface area (Å²) in [6, 6.07) is 13.3. The monoisotopic (exact) mass is 448 g/mol. The van der Waals surface area contributed by atoms with E-state index in [1.54, 1.807) is 12.1 Å². The summed E-state index contributed by atoms with van der Waals surface area (Å²) >= 11 is 0. The number of amides is 1. The normalized spacial score (nSPS) is 16.2. The first kappa shape index (κ1) is 22.8. The van der Waals surface area contributed by atoms with E-state index in [2.05, 4.69) is 28.4 Å². The number of anilines is 1. The Bertz CT molecular complexity index is 1130. The van der Waals surface area contributed by atoms with Crippen molar-refractivity contribution in [1.82, 2.24) is 15.3 Å². The number of alkyl carbamates (subject to hydrolysis) is 1. The second kappa shape index (κ2) is 10.1. The molecule has 33 heavy (non-hydrogen) atoms. The summed E-state index contributed by atoms with van der Waals surface area (Å²) in [7, 11) is 0. The molecule has 1 saturated heterocycles. The van der Waals surface area contributed by atoms with Crippen molar-refractivity contribution in [2.75, 3.05) is 31.1 Å². The zero-order valence-electron chi connectivity index (χ0n) is 19.5. The number of rotatable bonds is 6. The Morgan fingerprint density at radius 1 is 1.24 bits per heavy atom. The molecule has 1 unspecified atom stereocenters. The average molecular weight is 449 g/mol. The SMILES string of the molecule is Cc1ccc2c(N3CCCC(CNC(=O)OCC(C)C)C3)nc(-c3ccccc3O)nc2c1. The number of ether oxygens (including phenoxy) is 1.